The number of carbonyl (C=O) groups excluding carboxylic acids is 2. The van der Waals surface area contributed by atoms with Gasteiger partial charge in [-0.25, -0.2) is 0 Å². The zero-order chi connectivity index (χ0) is 39.7. The van der Waals surface area contributed by atoms with Crippen LogP contribution >= 0.6 is 0 Å². The first-order valence-corrected chi connectivity index (χ1v) is 24.5. The summed E-state index contributed by atoms with van der Waals surface area (Å²) in [5.41, 5.74) is 0. The van der Waals surface area contributed by atoms with Crippen LogP contribution in [0.5, 0.6) is 0 Å². The highest BCUT2D eigenvalue weighted by Crippen LogP contribution is 2.25. The molecule has 0 heterocycles. The molecule has 0 fully saturated rings. The van der Waals surface area contributed by atoms with Gasteiger partial charge in [0.05, 0.1) is 13.2 Å². The molecule has 0 amide bonds. The van der Waals surface area contributed by atoms with Crippen LogP contribution in [0.15, 0.2) is 0 Å². The first-order chi connectivity index (χ1) is 26.4. The number of carbonyl (C=O) groups is 2. The van der Waals surface area contributed by atoms with Crippen LogP contribution in [0.4, 0.5) is 0 Å². The average molecular weight is 764 g/mol. The summed E-state index contributed by atoms with van der Waals surface area (Å²) in [6.07, 6.45) is 40.0. The second-order valence-corrected chi connectivity index (χ2v) is 17.1. The first-order valence-electron chi connectivity index (χ1n) is 24.5. The topological polar surface area (TPSA) is 55.8 Å². The second-order valence-electron chi connectivity index (χ2n) is 17.1. The summed E-state index contributed by atoms with van der Waals surface area (Å²) in [7, 11) is 0. The highest BCUT2D eigenvalue weighted by molar-refractivity contribution is 5.70. The third-order valence-corrected chi connectivity index (χ3v) is 12.1. The van der Waals surface area contributed by atoms with Crippen LogP contribution in [0, 0.1) is 17.8 Å². The highest BCUT2D eigenvalue weighted by atomic mass is 16.5. The zero-order valence-corrected chi connectivity index (χ0v) is 37.7. The van der Waals surface area contributed by atoms with Crippen molar-refractivity contribution in [2.24, 2.45) is 17.8 Å². The van der Waals surface area contributed by atoms with Gasteiger partial charge in [-0.05, 0) is 82.3 Å². The predicted octanol–water partition coefficient (Wildman–Crippen LogP) is 15.2. The van der Waals surface area contributed by atoms with Gasteiger partial charge in [0.1, 0.15) is 0 Å². The molecule has 0 spiro atoms. The van der Waals surface area contributed by atoms with E-state index >= 15 is 0 Å². The molecule has 0 atom stereocenters. The quantitative estimate of drug-likeness (QED) is 0.0457. The van der Waals surface area contributed by atoms with E-state index in [0.717, 1.165) is 31.8 Å². The SMILES string of the molecule is CCCCCC(CCCCC)CC(=O)OCCCCCCCCC(CCCCCCCCOC(=O)CC(CCCCC)CCCCC)CCN(CC)CC. The van der Waals surface area contributed by atoms with Crippen molar-refractivity contribution in [1.82, 2.24) is 4.90 Å². The lowest BCUT2D eigenvalue weighted by atomic mass is 9.91. The molecule has 0 aliphatic heterocycles. The van der Waals surface area contributed by atoms with Crippen molar-refractivity contribution in [2.75, 3.05) is 32.8 Å². The molecule has 0 aliphatic rings. The number of ether oxygens (including phenoxy) is 2. The van der Waals surface area contributed by atoms with Crippen molar-refractivity contribution in [3.8, 4) is 0 Å². The van der Waals surface area contributed by atoms with Crippen molar-refractivity contribution < 1.29 is 19.1 Å². The van der Waals surface area contributed by atoms with E-state index in [9.17, 15) is 9.59 Å². The third-order valence-electron chi connectivity index (χ3n) is 12.1. The average Bonchev–Trinajstić information content (AvgIpc) is 3.16. The first kappa shape index (κ1) is 52.9. The minimum absolute atomic E-state index is 0.0381. The smallest absolute Gasteiger partial charge is 0.306 e. The number of esters is 2. The van der Waals surface area contributed by atoms with Gasteiger partial charge < -0.3 is 14.4 Å². The van der Waals surface area contributed by atoms with Crippen LogP contribution in [-0.4, -0.2) is 49.7 Å². The highest BCUT2D eigenvalue weighted by Gasteiger charge is 2.16. The Balaban J connectivity index is 4.19. The molecule has 5 nitrogen and oxygen atoms in total. The molecule has 0 radical (unpaired) electrons. The van der Waals surface area contributed by atoms with Crippen LogP contribution in [0.1, 0.15) is 253 Å². The Labute approximate surface area is 339 Å². The van der Waals surface area contributed by atoms with Gasteiger partial charge in [-0.15, -0.1) is 0 Å². The lowest BCUT2D eigenvalue weighted by Gasteiger charge is -2.23. The number of hydrogen-bond acceptors (Lipinski definition) is 5. The van der Waals surface area contributed by atoms with Crippen LogP contribution in [-0.2, 0) is 19.1 Å². The third kappa shape index (κ3) is 35.3. The molecule has 322 valence electrons. The summed E-state index contributed by atoms with van der Waals surface area (Å²) in [6, 6.07) is 0. The maximum atomic E-state index is 12.5. The maximum Gasteiger partial charge on any atom is 0.306 e. The van der Waals surface area contributed by atoms with Gasteiger partial charge in [0.25, 0.3) is 0 Å². The van der Waals surface area contributed by atoms with Crippen molar-refractivity contribution in [3.63, 3.8) is 0 Å². The Kier molecular flexibility index (Phi) is 40.7. The van der Waals surface area contributed by atoms with Gasteiger partial charge in [-0.1, -0.05) is 196 Å². The Morgan fingerprint density at radius 3 is 1.00 bits per heavy atom. The molecule has 0 saturated carbocycles. The Morgan fingerprint density at radius 1 is 0.370 bits per heavy atom. The molecule has 0 aromatic rings. The van der Waals surface area contributed by atoms with Crippen LogP contribution in [0.2, 0.25) is 0 Å². The molecule has 0 aliphatic carbocycles. The summed E-state index contributed by atoms with van der Waals surface area (Å²) in [5, 5.41) is 0. The monoisotopic (exact) mass is 764 g/mol. The Bertz CT molecular complexity index is 708. The predicted molar refractivity (Wildman–Crippen MR) is 235 cm³/mol. The molecule has 5 heteroatoms. The molecule has 0 saturated heterocycles. The van der Waals surface area contributed by atoms with Gasteiger partial charge in [0.2, 0.25) is 0 Å². The van der Waals surface area contributed by atoms with E-state index in [2.05, 4.69) is 46.4 Å². The van der Waals surface area contributed by atoms with E-state index in [1.165, 1.54) is 193 Å². The van der Waals surface area contributed by atoms with Gasteiger partial charge >= 0.3 is 11.9 Å². The van der Waals surface area contributed by atoms with Gasteiger partial charge in [0, 0.05) is 12.8 Å². The molecule has 0 aromatic carbocycles. The number of nitrogens with zero attached hydrogens (tertiary/aromatic N) is 1. The minimum Gasteiger partial charge on any atom is -0.466 e. The van der Waals surface area contributed by atoms with E-state index in [1.807, 2.05) is 0 Å². The van der Waals surface area contributed by atoms with Gasteiger partial charge in [-0.3, -0.25) is 9.59 Å². The van der Waals surface area contributed by atoms with Crippen LogP contribution in [0.3, 0.4) is 0 Å². The fourth-order valence-corrected chi connectivity index (χ4v) is 8.21. The zero-order valence-electron chi connectivity index (χ0n) is 37.7. The molecular formula is C49H97NO4. The van der Waals surface area contributed by atoms with Crippen molar-refractivity contribution in [2.45, 2.75) is 253 Å². The molecule has 0 aromatic heterocycles. The molecule has 54 heavy (non-hydrogen) atoms. The van der Waals surface area contributed by atoms with E-state index in [0.29, 0.717) is 37.9 Å². The lowest BCUT2D eigenvalue weighted by Crippen LogP contribution is -2.25. The molecule has 0 bridgehead atoms. The fourth-order valence-electron chi connectivity index (χ4n) is 8.21. The second kappa shape index (κ2) is 41.5. The van der Waals surface area contributed by atoms with E-state index in [1.54, 1.807) is 0 Å². The summed E-state index contributed by atoms with van der Waals surface area (Å²) in [5.74, 6) is 1.96. The lowest BCUT2D eigenvalue weighted by molar-refractivity contribution is -0.146. The molecule has 0 rings (SSSR count). The summed E-state index contributed by atoms with van der Waals surface area (Å²) < 4.78 is 11.3. The Hall–Kier alpha value is -1.10. The summed E-state index contributed by atoms with van der Waals surface area (Å²) in [6.45, 7) is 18.4. The summed E-state index contributed by atoms with van der Waals surface area (Å²) >= 11 is 0. The number of unbranched alkanes of at least 4 members (excludes halogenated alkanes) is 18. The summed E-state index contributed by atoms with van der Waals surface area (Å²) in [4.78, 5) is 27.6. The van der Waals surface area contributed by atoms with Crippen molar-refractivity contribution >= 4 is 11.9 Å². The van der Waals surface area contributed by atoms with E-state index in [4.69, 9.17) is 9.47 Å². The van der Waals surface area contributed by atoms with Crippen LogP contribution < -0.4 is 0 Å². The van der Waals surface area contributed by atoms with Crippen molar-refractivity contribution in [1.29, 1.82) is 0 Å². The van der Waals surface area contributed by atoms with Crippen LogP contribution in [0.25, 0.3) is 0 Å². The van der Waals surface area contributed by atoms with E-state index in [-0.39, 0.29) is 11.9 Å². The molecular weight excluding hydrogens is 667 g/mol. The minimum atomic E-state index is 0.0381. The normalized spacial score (nSPS) is 11.8. The Morgan fingerprint density at radius 2 is 0.667 bits per heavy atom. The van der Waals surface area contributed by atoms with Gasteiger partial charge in [0.15, 0.2) is 0 Å². The number of rotatable bonds is 43. The molecule has 0 N–H and O–H groups in total. The fraction of sp³-hybridized carbons (Fsp3) is 0.959. The van der Waals surface area contributed by atoms with Gasteiger partial charge in [-0.2, -0.15) is 0 Å². The van der Waals surface area contributed by atoms with E-state index < -0.39 is 0 Å². The maximum absolute atomic E-state index is 12.5. The standard InChI is InChI=1S/C49H97NO4/c1-7-13-25-35-46(36-26-14-8-2)43-48(51)53-41-31-23-19-17-21-29-33-45(39-40-50(11-5)12-6)34-30-22-18-20-24-32-42-54-49(52)44-47(37-27-15-9-3)38-28-16-10-4/h45-47H,7-44H2,1-6H3. The molecule has 0 unspecified atom stereocenters. The van der Waals surface area contributed by atoms with Crippen molar-refractivity contribution in [3.05, 3.63) is 0 Å². The number of hydrogen-bond donors (Lipinski definition) is 0. The largest absolute Gasteiger partial charge is 0.466 e.